The summed E-state index contributed by atoms with van der Waals surface area (Å²) in [5, 5.41) is 0. The molecule has 0 atom stereocenters. The number of rotatable bonds is 2. The number of hydrogen-bond donors (Lipinski definition) is 0. The quantitative estimate of drug-likeness (QED) is 0.823. The molecule has 1 aromatic carbocycles. The van der Waals surface area contributed by atoms with Crippen molar-refractivity contribution in [3.8, 4) is 11.5 Å². The monoisotopic (exact) mass is 336 g/mol. The molecule has 4 heteroatoms. The van der Waals surface area contributed by atoms with Crippen molar-refractivity contribution in [3.63, 3.8) is 0 Å². The van der Waals surface area contributed by atoms with Crippen LogP contribution in [0, 0.1) is 0 Å². The molecule has 1 fully saturated rings. The van der Waals surface area contributed by atoms with Crippen molar-refractivity contribution in [1.29, 1.82) is 0 Å². The Morgan fingerprint density at radius 1 is 1.10 bits per heavy atom. The first-order valence-corrected chi connectivity index (χ1v) is 7.56. The first kappa shape index (κ1) is 13.7. The first-order valence-electron chi connectivity index (χ1n) is 6.76. The number of carbonyl (C=O) groups excluding carboxylic acids is 1. The number of ether oxygens (including phenoxy) is 2. The van der Waals surface area contributed by atoms with Gasteiger partial charge in [-0.2, -0.15) is 0 Å². The van der Waals surface area contributed by atoms with E-state index in [1.54, 1.807) is 14.2 Å². The lowest BCUT2D eigenvalue weighted by atomic mass is 9.70. The summed E-state index contributed by atoms with van der Waals surface area (Å²) in [6.07, 6.45) is 5.18. The van der Waals surface area contributed by atoms with Crippen molar-refractivity contribution in [3.05, 3.63) is 27.7 Å². The predicted molar refractivity (Wildman–Crippen MR) is 81.6 cm³/mol. The number of allylic oxidation sites excluding steroid dienone is 1. The molecule has 0 amide bonds. The number of ketones is 1. The Labute approximate surface area is 127 Å². The van der Waals surface area contributed by atoms with Gasteiger partial charge in [-0.05, 0) is 42.2 Å². The number of halogens is 1. The van der Waals surface area contributed by atoms with Crippen LogP contribution in [-0.2, 0) is 10.2 Å². The molecule has 0 saturated heterocycles. The number of methoxy groups -OCH3 is 2. The Morgan fingerprint density at radius 3 is 2.30 bits per heavy atom. The summed E-state index contributed by atoms with van der Waals surface area (Å²) in [5.41, 5.74) is 2.35. The molecule has 0 aliphatic heterocycles. The molecular weight excluding hydrogens is 320 g/mol. The second kappa shape index (κ2) is 4.92. The fraction of sp³-hybridized carbons (Fsp3) is 0.438. The molecule has 2 aliphatic carbocycles. The van der Waals surface area contributed by atoms with Crippen LogP contribution in [-0.4, -0.2) is 20.0 Å². The maximum Gasteiger partial charge on any atom is 0.161 e. The van der Waals surface area contributed by atoms with Crippen molar-refractivity contribution >= 4 is 27.8 Å². The SMILES string of the molecule is COc1cc2c(cc1OC)C1(CCC(=O)CC1)C(Br)=C2. The van der Waals surface area contributed by atoms with E-state index in [9.17, 15) is 4.79 Å². The van der Waals surface area contributed by atoms with Crippen LogP contribution in [0.25, 0.3) is 6.08 Å². The molecule has 0 bridgehead atoms. The van der Waals surface area contributed by atoms with Gasteiger partial charge in [0.05, 0.1) is 14.2 Å². The van der Waals surface area contributed by atoms with Gasteiger partial charge >= 0.3 is 0 Å². The zero-order valence-electron chi connectivity index (χ0n) is 11.7. The maximum absolute atomic E-state index is 11.6. The number of Topliss-reactive ketones (excluding diaryl/α,β-unsaturated/α-hetero) is 1. The minimum Gasteiger partial charge on any atom is -0.493 e. The van der Waals surface area contributed by atoms with Gasteiger partial charge in [-0.15, -0.1) is 0 Å². The molecule has 0 unspecified atom stereocenters. The van der Waals surface area contributed by atoms with E-state index in [1.165, 1.54) is 10.0 Å². The summed E-state index contributed by atoms with van der Waals surface area (Å²) in [7, 11) is 3.30. The van der Waals surface area contributed by atoms with Gasteiger partial charge in [0.1, 0.15) is 5.78 Å². The molecule has 2 aliphatic rings. The summed E-state index contributed by atoms with van der Waals surface area (Å²) >= 11 is 3.72. The molecule has 0 aromatic heterocycles. The second-order valence-electron chi connectivity index (χ2n) is 5.41. The topological polar surface area (TPSA) is 35.5 Å². The van der Waals surface area contributed by atoms with Gasteiger partial charge in [-0.1, -0.05) is 15.9 Å². The number of benzene rings is 1. The highest BCUT2D eigenvalue weighted by molar-refractivity contribution is 9.11. The Kier molecular flexibility index (Phi) is 3.36. The van der Waals surface area contributed by atoms with Crippen LogP contribution in [0.1, 0.15) is 36.8 Å². The van der Waals surface area contributed by atoms with E-state index in [4.69, 9.17) is 9.47 Å². The van der Waals surface area contributed by atoms with Crippen molar-refractivity contribution in [2.45, 2.75) is 31.1 Å². The smallest absolute Gasteiger partial charge is 0.161 e. The summed E-state index contributed by atoms with van der Waals surface area (Å²) in [4.78, 5) is 11.6. The van der Waals surface area contributed by atoms with Crippen LogP contribution in [0.3, 0.4) is 0 Å². The van der Waals surface area contributed by atoms with E-state index in [1.807, 2.05) is 6.07 Å². The molecule has 3 nitrogen and oxygen atoms in total. The average molecular weight is 337 g/mol. The van der Waals surface area contributed by atoms with Crippen LogP contribution in [0.5, 0.6) is 11.5 Å². The zero-order valence-corrected chi connectivity index (χ0v) is 13.2. The van der Waals surface area contributed by atoms with Gasteiger partial charge in [0, 0.05) is 22.7 Å². The summed E-state index contributed by atoms with van der Waals surface area (Å²) in [6.45, 7) is 0. The van der Waals surface area contributed by atoms with Gasteiger partial charge < -0.3 is 9.47 Å². The van der Waals surface area contributed by atoms with Crippen molar-refractivity contribution < 1.29 is 14.3 Å². The van der Waals surface area contributed by atoms with Gasteiger partial charge in [0.2, 0.25) is 0 Å². The largest absolute Gasteiger partial charge is 0.493 e. The van der Waals surface area contributed by atoms with Crippen molar-refractivity contribution in [2.24, 2.45) is 0 Å². The molecule has 0 radical (unpaired) electrons. The maximum atomic E-state index is 11.6. The minimum atomic E-state index is -0.0528. The molecular formula is C16H17BrO3. The third kappa shape index (κ3) is 1.89. The van der Waals surface area contributed by atoms with Crippen molar-refractivity contribution in [1.82, 2.24) is 0 Å². The lowest BCUT2D eigenvalue weighted by Crippen LogP contribution is -2.30. The van der Waals surface area contributed by atoms with E-state index in [0.717, 1.165) is 29.9 Å². The van der Waals surface area contributed by atoms with E-state index in [-0.39, 0.29) is 5.41 Å². The van der Waals surface area contributed by atoms with Crippen LogP contribution in [0.4, 0.5) is 0 Å². The molecule has 0 heterocycles. The molecule has 106 valence electrons. The second-order valence-corrected chi connectivity index (χ2v) is 6.26. The molecule has 20 heavy (non-hydrogen) atoms. The van der Waals surface area contributed by atoms with E-state index in [2.05, 4.69) is 28.1 Å². The highest BCUT2D eigenvalue weighted by Gasteiger charge is 2.43. The number of hydrogen-bond acceptors (Lipinski definition) is 3. The Balaban J connectivity index is 2.11. The van der Waals surface area contributed by atoms with Crippen LogP contribution >= 0.6 is 15.9 Å². The summed E-state index contributed by atoms with van der Waals surface area (Å²) < 4.78 is 12.0. The standard InChI is InChI=1S/C16H17BrO3/c1-19-13-7-10-8-15(17)16(5-3-11(18)4-6-16)12(10)9-14(13)20-2/h7-9H,3-6H2,1-2H3. The Bertz CT molecular complexity index is 594. The van der Waals surface area contributed by atoms with Gasteiger partial charge in [-0.25, -0.2) is 0 Å². The normalized spacial score (nSPS) is 19.8. The van der Waals surface area contributed by atoms with Crippen molar-refractivity contribution in [2.75, 3.05) is 14.2 Å². The molecule has 1 aromatic rings. The zero-order chi connectivity index (χ0) is 14.3. The number of carbonyl (C=O) groups is 1. The molecule has 3 rings (SSSR count). The Morgan fingerprint density at radius 2 is 1.70 bits per heavy atom. The summed E-state index contributed by atoms with van der Waals surface area (Å²) in [6, 6.07) is 4.08. The van der Waals surface area contributed by atoms with Crippen LogP contribution in [0.2, 0.25) is 0 Å². The highest BCUT2D eigenvalue weighted by Crippen LogP contribution is 2.54. The van der Waals surface area contributed by atoms with E-state index < -0.39 is 0 Å². The van der Waals surface area contributed by atoms with Crippen LogP contribution in [0.15, 0.2) is 16.6 Å². The fourth-order valence-corrected chi connectivity index (χ4v) is 4.15. The highest BCUT2D eigenvalue weighted by atomic mass is 79.9. The third-order valence-corrected chi connectivity index (χ3v) is 5.46. The number of fused-ring (bicyclic) bond motifs is 2. The first-order chi connectivity index (χ1) is 9.60. The molecule has 0 N–H and O–H groups in total. The van der Waals surface area contributed by atoms with Crippen LogP contribution < -0.4 is 9.47 Å². The van der Waals surface area contributed by atoms with E-state index in [0.29, 0.717) is 18.6 Å². The lowest BCUT2D eigenvalue weighted by molar-refractivity contribution is -0.121. The predicted octanol–water partition coefficient (Wildman–Crippen LogP) is 3.83. The fourth-order valence-electron chi connectivity index (χ4n) is 3.30. The van der Waals surface area contributed by atoms with E-state index >= 15 is 0 Å². The summed E-state index contributed by atoms with van der Waals surface area (Å²) in [5.74, 6) is 1.86. The van der Waals surface area contributed by atoms with Gasteiger partial charge in [-0.3, -0.25) is 4.79 Å². The Hall–Kier alpha value is -1.29. The molecule has 1 saturated carbocycles. The molecule has 1 spiro atoms. The minimum absolute atomic E-state index is 0.0528. The van der Waals surface area contributed by atoms with Gasteiger partial charge in [0.15, 0.2) is 11.5 Å². The third-order valence-electron chi connectivity index (χ3n) is 4.47. The van der Waals surface area contributed by atoms with Gasteiger partial charge in [0.25, 0.3) is 0 Å². The average Bonchev–Trinajstić information content (AvgIpc) is 2.72. The lowest BCUT2D eigenvalue weighted by Gasteiger charge is -2.35.